The van der Waals surface area contributed by atoms with Crippen molar-refractivity contribution in [1.29, 1.82) is 0 Å². The van der Waals surface area contributed by atoms with Gasteiger partial charge < -0.3 is 15.8 Å². The van der Waals surface area contributed by atoms with Gasteiger partial charge in [0.15, 0.2) is 5.82 Å². The fourth-order valence-corrected chi connectivity index (χ4v) is 3.95. The number of nitrogens with one attached hydrogen (secondary N) is 1. The van der Waals surface area contributed by atoms with Crippen molar-refractivity contribution in [2.24, 2.45) is 0 Å². The second kappa shape index (κ2) is 8.51. The number of morpholine rings is 1. The predicted molar refractivity (Wildman–Crippen MR) is 108 cm³/mol. The number of pyridine rings is 1. The lowest BCUT2D eigenvalue weighted by Gasteiger charge is -2.26. The number of aromatic nitrogens is 3. The zero-order valence-corrected chi connectivity index (χ0v) is 15.8. The van der Waals surface area contributed by atoms with Crippen molar-refractivity contribution in [1.82, 2.24) is 19.9 Å². The van der Waals surface area contributed by atoms with E-state index in [0.717, 1.165) is 60.2 Å². The second-order valence-electron chi connectivity index (χ2n) is 6.26. The molecule has 0 radical (unpaired) electrons. The number of hydrogen-bond acceptors (Lipinski definition) is 8. The number of benzene rings is 1. The maximum Gasteiger partial charge on any atom is 0.153 e. The van der Waals surface area contributed by atoms with Crippen LogP contribution in [0.5, 0.6) is 0 Å². The van der Waals surface area contributed by atoms with Gasteiger partial charge in [-0.3, -0.25) is 9.88 Å². The van der Waals surface area contributed by atoms with E-state index >= 15 is 0 Å². The summed E-state index contributed by atoms with van der Waals surface area (Å²) in [5, 5.41) is 5.17. The Balaban J connectivity index is 1.46. The van der Waals surface area contributed by atoms with Crippen molar-refractivity contribution in [3.63, 3.8) is 0 Å². The van der Waals surface area contributed by atoms with E-state index in [4.69, 9.17) is 10.5 Å². The molecule has 0 spiro atoms. The van der Waals surface area contributed by atoms with Crippen LogP contribution in [0.1, 0.15) is 0 Å². The Kier molecular flexibility index (Phi) is 5.66. The number of rotatable bonds is 6. The van der Waals surface area contributed by atoms with E-state index in [-0.39, 0.29) is 0 Å². The summed E-state index contributed by atoms with van der Waals surface area (Å²) in [4.78, 5) is 16.6. The highest BCUT2D eigenvalue weighted by Gasteiger charge is 2.13. The molecule has 0 amide bonds. The summed E-state index contributed by atoms with van der Waals surface area (Å²) < 4.78 is 5.38. The minimum atomic E-state index is 0.567. The lowest BCUT2D eigenvalue weighted by atomic mass is 10.2. The van der Waals surface area contributed by atoms with Crippen molar-refractivity contribution in [2.45, 2.75) is 9.92 Å². The molecule has 27 heavy (non-hydrogen) atoms. The Morgan fingerprint density at radius 3 is 2.85 bits per heavy atom. The van der Waals surface area contributed by atoms with Gasteiger partial charge in [-0.1, -0.05) is 30.0 Å². The van der Waals surface area contributed by atoms with Gasteiger partial charge in [0, 0.05) is 42.7 Å². The number of nitrogens with zero attached hydrogens (tertiary/aromatic N) is 4. The van der Waals surface area contributed by atoms with Crippen molar-refractivity contribution < 1.29 is 4.74 Å². The molecule has 0 aliphatic carbocycles. The van der Waals surface area contributed by atoms with E-state index in [9.17, 15) is 0 Å². The molecule has 1 saturated heterocycles. The lowest BCUT2D eigenvalue weighted by Crippen LogP contribution is -2.39. The third-order valence-corrected chi connectivity index (χ3v) is 5.54. The van der Waals surface area contributed by atoms with Crippen molar-refractivity contribution in [3.05, 3.63) is 42.9 Å². The number of fused-ring (bicyclic) bond motifs is 1. The molecule has 0 atom stereocenters. The van der Waals surface area contributed by atoms with Crippen LogP contribution in [0.3, 0.4) is 0 Å². The van der Waals surface area contributed by atoms with E-state index in [1.165, 1.54) is 11.8 Å². The fraction of sp³-hybridized carbons (Fsp3) is 0.316. The molecule has 3 aromatic rings. The maximum atomic E-state index is 6.33. The molecule has 0 unspecified atom stereocenters. The van der Waals surface area contributed by atoms with E-state index in [2.05, 4.69) is 25.2 Å². The summed E-state index contributed by atoms with van der Waals surface area (Å²) in [7, 11) is 0. The Morgan fingerprint density at radius 1 is 1.11 bits per heavy atom. The van der Waals surface area contributed by atoms with Gasteiger partial charge in [0.05, 0.1) is 18.7 Å². The van der Waals surface area contributed by atoms with Crippen LogP contribution < -0.4 is 11.1 Å². The molecule has 4 rings (SSSR count). The summed E-state index contributed by atoms with van der Waals surface area (Å²) in [6, 6.07) is 10.1. The molecule has 1 aromatic carbocycles. The Hall–Kier alpha value is -2.42. The molecule has 1 aliphatic rings. The van der Waals surface area contributed by atoms with Crippen LogP contribution in [0.2, 0.25) is 0 Å². The second-order valence-corrected chi connectivity index (χ2v) is 7.29. The molecule has 7 nitrogen and oxygen atoms in total. The Bertz CT molecular complexity index is 910. The third-order valence-electron chi connectivity index (χ3n) is 4.47. The lowest BCUT2D eigenvalue weighted by molar-refractivity contribution is 0.0398. The fourth-order valence-electron chi connectivity index (χ4n) is 3.02. The van der Waals surface area contributed by atoms with Gasteiger partial charge in [-0.15, -0.1) is 0 Å². The summed E-state index contributed by atoms with van der Waals surface area (Å²) in [6.45, 7) is 5.25. The molecule has 0 bridgehead atoms. The largest absolute Gasteiger partial charge is 0.394 e. The molecule has 140 valence electrons. The summed E-state index contributed by atoms with van der Waals surface area (Å²) in [5.74, 6) is 0.675. The average molecular weight is 382 g/mol. The molecule has 0 saturated carbocycles. The van der Waals surface area contributed by atoms with Crippen LogP contribution in [0.25, 0.3) is 10.9 Å². The normalized spacial score (nSPS) is 15.1. The van der Waals surface area contributed by atoms with Gasteiger partial charge in [-0.05, 0) is 12.1 Å². The number of hydrogen-bond donors (Lipinski definition) is 2. The van der Waals surface area contributed by atoms with E-state index in [0.29, 0.717) is 11.5 Å². The first kappa shape index (κ1) is 18.0. The van der Waals surface area contributed by atoms with E-state index in [1.54, 1.807) is 12.5 Å². The molecule has 2 aromatic heterocycles. The molecule has 8 heteroatoms. The smallest absolute Gasteiger partial charge is 0.153 e. The van der Waals surface area contributed by atoms with Crippen LogP contribution in [-0.4, -0.2) is 59.2 Å². The topological polar surface area (TPSA) is 89.2 Å². The number of nitrogen functional groups attached to an aromatic ring is 1. The first-order valence-corrected chi connectivity index (χ1v) is 9.79. The van der Waals surface area contributed by atoms with Crippen LogP contribution in [-0.2, 0) is 4.74 Å². The monoisotopic (exact) mass is 382 g/mol. The summed E-state index contributed by atoms with van der Waals surface area (Å²) in [5.41, 5.74) is 7.85. The highest BCUT2D eigenvalue weighted by molar-refractivity contribution is 7.99. The highest BCUT2D eigenvalue weighted by atomic mass is 32.2. The maximum absolute atomic E-state index is 6.33. The SMILES string of the molecule is Nc1c(NCCN2CCOCC2)ncnc1Sc1cccc2cccnc12. The van der Waals surface area contributed by atoms with Crippen LogP contribution in [0.15, 0.2) is 52.8 Å². The Labute approximate surface area is 162 Å². The number of anilines is 2. The van der Waals surface area contributed by atoms with Crippen LogP contribution in [0.4, 0.5) is 11.5 Å². The van der Waals surface area contributed by atoms with Gasteiger partial charge in [0.25, 0.3) is 0 Å². The van der Waals surface area contributed by atoms with Gasteiger partial charge in [0.1, 0.15) is 17.0 Å². The number of nitrogens with two attached hydrogens (primary N) is 1. The third kappa shape index (κ3) is 4.29. The van der Waals surface area contributed by atoms with Gasteiger partial charge in [0.2, 0.25) is 0 Å². The molecule has 1 aliphatic heterocycles. The highest BCUT2D eigenvalue weighted by Crippen LogP contribution is 2.35. The van der Waals surface area contributed by atoms with Crippen molar-refractivity contribution in [3.8, 4) is 0 Å². The Morgan fingerprint density at radius 2 is 1.96 bits per heavy atom. The first-order valence-electron chi connectivity index (χ1n) is 8.97. The summed E-state index contributed by atoms with van der Waals surface area (Å²) >= 11 is 1.51. The average Bonchev–Trinajstić information content (AvgIpc) is 2.72. The van der Waals surface area contributed by atoms with E-state index < -0.39 is 0 Å². The molecular formula is C19H22N6OS. The van der Waals surface area contributed by atoms with Crippen LogP contribution >= 0.6 is 11.8 Å². The first-order chi connectivity index (χ1) is 13.3. The standard InChI is InChI=1S/C19H22N6OS/c20-16-18(22-7-8-25-9-11-26-12-10-25)23-13-24-19(16)27-15-5-1-3-14-4-2-6-21-17(14)15/h1-6,13H,7-12,20H2,(H,22,23,24). The quantitative estimate of drug-likeness (QED) is 0.629. The molecule has 1 fully saturated rings. The van der Waals surface area contributed by atoms with Gasteiger partial charge in [-0.2, -0.15) is 0 Å². The zero-order valence-electron chi connectivity index (χ0n) is 15.0. The zero-order chi connectivity index (χ0) is 18.5. The van der Waals surface area contributed by atoms with Gasteiger partial charge >= 0.3 is 0 Å². The van der Waals surface area contributed by atoms with Gasteiger partial charge in [-0.25, -0.2) is 9.97 Å². The van der Waals surface area contributed by atoms with E-state index in [1.807, 2.05) is 30.3 Å². The minimum Gasteiger partial charge on any atom is -0.394 e. The molecule has 3 heterocycles. The molecular weight excluding hydrogens is 360 g/mol. The summed E-state index contributed by atoms with van der Waals surface area (Å²) in [6.07, 6.45) is 3.35. The minimum absolute atomic E-state index is 0.567. The number of ether oxygens (including phenoxy) is 1. The van der Waals surface area contributed by atoms with Crippen molar-refractivity contribution in [2.75, 3.05) is 50.4 Å². The van der Waals surface area contributed by atoms with Crippen LogP contribution in [0, 0.1) is 0 Å². The van der Waals surface area contributed by atoms with Crippen molar-refractivity contribution >= 4 is 34.2 Å². The predicted octanol–water partition coefficient (Wildman–Crippen LogP) is 2.50. The molecule has 3 N–H and O–H groups in total. The number of para-hydroxylation sites is 1.